The summed E-state index contributed by atoms with van der Waals surface area (Å²) in [7, 11) is 0. The summed E-state index contributed by atoms with van der Waals surface area (Å²) in [4.78, 5) is 14.7. The topological polar surface area (TPSA) is 56.4 Å². The third kappa shape index (κ3) is 4.49. The van der Waals surface area contributed by atoms with Gasteiger partial charge in [-0.1, -0.05) is 12.1 Å². The minimum atomic E-state index is -0.195. The molecule has 1 aromatic carbocycles. The van der Waals surface area contributed by atoms with E-state index in [0.29, 0.717) is 23.8 Å². The van der Waals surface area contributed by atoms with Gasteiger partial charge in [-0.3, -0.25) is 0 Å². The highest BCUT2D eigenvalue weighted by molar-refractivity contribution is 5.74. The number of hydrogen-bond donors (Lipinski definition) is 3. The van der Waals surface area contributed by atoms with Gasteiger partial charge in [0.1, 0.15) is 5.82 Å². The third-order valence-corrected chi connectivity index (χ3v) is 7.20. The molecule has 0 unspecified atom stereocenters. The average Bonchev–Trinajstić information content (AvgIpc) is 2.74. The second-order valence-corrected chi connectivity index (χ2v) is 8.83. The molecule has 154 valence electrons. The van der Waals surface area contributed by atoms with Crippen LogP contribution in [0.15, 0.2) is 24.3 Å². The normalized spacial score (nSPS) is 27.5. The number of nitrogens with one attached hydrogen (secondary N) is 3. The fourth-order valence-corrected chi connectivity index (χ4v) is 5.26. The summed E-state index contributed by atoms with van der Waals surface area (Å²) in [6.45, 7) is 6.50. The Labute approximate surface area is 167 Å². The van der Waals surface area contributed by atoms with Gasteiger partial charge in [0.25, 0.3) is 0 Å². The number of carbonyl (C=O) groups excluding carboxylic acids is 1. The SMILES string of the molecule is O=C(NC[C@H]1CNCC[C@H]1c1ccc(F)cc1)N1CCC2(CCNCC2)CC1. The van der Waals surface area contributed by atoms with Gasteiger partial charge in [0, 0.05) is 26.2 Å². The number of hydrogen-bond acceptors (Lipinski definition) is 3. The molecule has 3 saturated heterocycles. The largest absolute Gasteiger partial charge is 0.338 e. The monoisotopic (exact) mass is 388 g/mol. The highest BCUT2D eigenvalue weighted by Gasteiger charge is 2.37. The molecule has 1 aromatic rings. The predicted molar refractivity (Wildman–Crippen MR) is 109 cm³/mol. The van der Waals surface area contributed by atoms with Crippen LogP contribution in [0, 0.1) is 17.2 Å². The number of nitrogens with zero attached hydrogens (tertiary/aromatic N) is 1. The highest BCUT2D eigenvalue weighted by atomic mass is 19.1. The zero-order valence-corrected chi connectivity index (χ0v) is 16.7. The van der Waals surface area contributed by atoms with E-state index in [1.807, 2.05) is 17.0 Å². The first kappa shape index (κ1) is 19.6. The molecule has 5 nitrogen and oxygen atoms in total. The third-order valence-electron chi connectivity index (χ3n) is 7.20. The standard InChI is InChI=1S/C22H33FN4O/c23-19-3-1-17(2-4-19)20-5-10-25-15-18(20)16-26-21(28)27-13-8-22(9-14-27)6-11-24-12-7-22/h1-4,18,20,24-25H,5-16H2,(H,26,28)/t18-,20+/m1/s1. The van der Waals surface area contributed by atoms with Gasteiger partial charge >= 0.3 is 6.03 Å². The Balaban J connectivity index is 1.29. The Morgan fingerprint density at radius 3 is 2.50 bits per heavy atom. The maximum absolute atomic E-state index is 13.3. The number of carbonyl (C=O) groups is 1. The van der Waals surface area contributed by atoms with E-state index >= 15 is 0 Å². The summed E-state index contributed by atoms with van der Waals surface area (Å²) in [5.74, 6) is 0.504. The predicted octanol–water partition coefficient (Wildman–Crippen LogP) is 2.69. The van der Waals surface area contributed by atoms with Crippen LogP contribution in [0.3, 0.4) is 0 Å². The minimum absolute atomic E-state index is 0.0761. The molecule has 6 heteroatoms. The molecule has 0 saturated carbocycles. The van der Waals surface area contributed by atoms with E-state index in [-0.39, 0.29) is 11.8 Å². The highest BCUT2D eigenvalue weighted by Crippen LogP contribution is 2.39. The van der Waals surface area contributed by atoms with Crippen LogP contribution in [0.4, 0.5) is 9.18 Å². The minimum Gasteiger partial charge on any atom is -0.338 e. The van der Waals surface area contributed by atoms with Crippen LogP contribution in [-0.4, -0.2) is 56.7 Å². The Hall–Kier alpha value is -1.66. The van der Waals surface area contributed by atoms with Crippen LogP contribution >= 0.6 is 0 Å². The number of halogens is 1. The van der Waals surface area contributed by atoms with Crippen molar-refractivity contribution >= 4 is 6.03 Å². The van der Waals surface area contributed by atoms with Gasteiger partial charge in [0.15, 0.2) is 0 Å². The van der Waals surface area contributed by atoms with Gasteiger partial charge in [0.05, 0.1) is 0 Å². The molecule has 3 N–H and O–H groups in total. The van der Waals surface area contributed by atoms with Gasteiger partial charge in [0.2, 0.25) is 0 Å². The lowest BCUT2D eigenvalue weighted by Crippen LogP contribution is -2.51. The zero-order valence-electron chi connectivity index (χ0n) is 16.7. The summed E-state index contributed by atoms with van der Waals surface area (Å²) in [6.07, 6.45) is 5.77. The van der Waals surface area contributed by atoms with E-state index in [1.165, 1.54) is 30.5 Å². The van der Waals surface area contributed by atoms with Crippen molar-refractivity contribution in [1.29, 1.82) is 0 Å². The molecule has 0 aromatic heterocycles. The number of urea groups is 1. The molecule has 2 amide bonds. The van der Waals surface area contributed by atoms with Crippen LogP contribution in [0.2, 0.25) is 0 Å². The van der Waals surface area contributed by atoms with E-state index in [2.05, 4.69) is 16.0 Å². The molecule has 3 aliphatic rings. The second-order valence-electron chi connectivity index (χ2n) is 8.83. The molecule has 3 heterocycles. The summed E-state index contributed by atoms with van der Waals surface area (Å²) >= 11 is 0. The van der Waals surface area contributed by atoms with Crippen molar-refractivity contribution in [2.24, 2.45) is 11.3 Å². The van der Waals surface area contributed by atoms with Crippen molar-refractivity contribution in [3.8, 4) is 0 Å². The molecule has 0 aliphatic carbocycles. The molecule has 28 heavy (non-hydrogen) atoms. The average molecular weight is 389 g/mol. The first-order chi connectivity index (χ1) is 13.7. The van der Waals surface area contributed by atoms with Crippen LogP contribution in [0.25, 0.3) is 0 Å². The van der Waals surface area contributed by atoms with E-state index in [1.54, 1.807) is 0 Å². The Bertz CT molecular complexity index is 649. The van der Waals surface area contributed by atoms with Crippen molar-refractivity contribution < 1.29 is 9.18 Å². The lowest BCUT2D eigenvalue weighted by Gasteiger charge is -2.44. The fourth-order valence-electron chi connectivity index (χ4n) is 5.26. The summed E-state index contributed by atoms with van der Waals surface area (Å²) in [5, 5.41) is 10.1. The van der Waals surface area contributed by atoms with E-state index < -0.39 is 0 Å². The number of piperidine rings is 3. The van der Waals surface area contributed by atoms with Gasteiger partial charge in [-0.2, -0.15) is 0 Å². The van der Waals surface area contributed by atoms with Crippen LogP contribution in [0.5, 0.6) is 0 Å². The molecule has 1 spiro atoms. The van der Waals surface area contributed by atoms with Gasteiger partial charge in [-0.05, 0) is 86.7 Å². The van der Waals surface area contributed by atoms with Crippen molar-refractivity contribution in [1.82, 2.24) is 20.9 Å². The van der Waals surface area contributed by atoms with Gasteiger partial charge in [-0.25, -0.2) is 9.18 Å². The lowest BCUT2D eigenvalue weighted by atomic mass is 9.72. The Morgan fingerprint density at radius 1 is 1.07 bits per heavy atom. The summed E-state index contributed by atoms with van der Waals surface area (Å²) < 4.78 is 13.3. The molecule has 4 rings (SSSR count). The zero-order chi connectivity index (χ0) is 19.4. The molecule has 2 atom stereocenters. The molecule has 3 fully saturated rings. The summed E-state index contributed by atoms with van der Waals surface area (Å²) in [5.41, 5.74) is 1.64. The quantitative estimate of drug-likeness (QED) is 0.746. The lowest BCUT2D eigenvalue weighted by molar-refractivity contribution is 0.0869. The maximum atomic E-state index is 13.3. The molecule has 0 radical (unpaired) electrons. The first-order valence-electron chi connectivity index (χ1n) is 10.8. The van der Waals surface area contributed by atoms with Crippen LogP contribution in [-0.2, 0) is 0 Å². The van der Waals surface area contributed by atoms with Crippen LogP contribution < -0.4 is 16.0 Å². The Kier molecular flexibility index (Phi) is 6.16. The number of benzene rings is 1. The number of rotatable bonds is 3. The maximum Gasteiger partial charge on any atom is 0.317 e. The van der Waals surface area contributed by atoms with Gasteiger partial charge < -0.3 is 20.9 Å². The van der Waals surface area contributed by atoms with E-state index in [9.17, 15) is 9.18 Å². The van der Waals surface area contributed by atoms with Crippen molar-refractivity contribution in [2.45, 2.75) is 38.0 Å². The molecule has 3 aliphatic heterocycles. The fraction of sp³-hybridized carbons (Fsp3) is 0.682. The number of amides is 2. The first-order valence-corrected chi connectivity index (χ1v) is 10.8. The second kappa shape index (κ2) is 8.78. The number of likely N-dealkylation sites (tertiary alicyclic amines) is 1. The van der Waals surface area contributed by atoms with E-state index in [0.717, 1.165) is 58.5 Å². The molecular formula is C22H33FN4O. The summed E-state index contributed by atoms with van der Waals surface area (Å²) in [6, 6.07) is 6.94. The van der Waals surface area contributed by atoms with Crippen LogP contribution in [0.1, 0.15) is 43.6 Å². The van der Waals surface area contributed by atoms with Crippen molar-refractivity contribution in [3.05, 3.63) is 35.6 Å². The molecule has 0 bridgehead atoms. The van der Waals surface area contributed by atoms with Crippen molar-refractivity contribution in [3.63, 3.8) is 0 Å². The smallest absolute Gasteiger partial charge is 0.317 e. The van der Waals surface area contributed by atoms with E-state index in [4.69, 9.17) is 0 Å². The Morgan fingerprint density at radius 2 is 1.79 bits per heavy atom. The van der Waals surface area contributed by atoms with Crippen molar-refractivity contribution in [2.75, 3.05) is 45.8 Å². The molecular weight excluding hydrogens is 355 g/mol. The van der Waals surface area contributed by atoms with Gasteiger partial charge in [-0.15, -0.1) is 0 Å².